The van der Waals surface area contributed by atoms with E-state index in [1.54, 1.807) is 21.3 Å². The average Bonchev–Trinajstić information content (AvgIpc) is 2.73. The number of amides is 1. The second kappa shape index (κ2) is 10.8. The number of guanidine groups is 1. The van der Waals surface area contributed by atoms with Gasteiger partial charge in [-0.3, -0.25) is 9.79 Å². The van der Waals surface area contributed by atoms with Crippen molar-refractivity contribution >= 4 is 11.9 Å². The highest BCUT2D eigenvalue weighted by Gasteiger charge is 2.11. The van der Waals surface area contributed by atoms with Gasteiger partial charge in [0.1, 0.15) is 11.5 Å². The van der Waals surface area contributed by atoms with Crippen molar-refractivity contribution in [2.45, 2.75) is 13.1 Å². The van der Waals surface area contributed by atoms with Crippen LogP contribution in [0.5, 0.6) is 11.5 Å². The Morgan fingerprint density at radius 2 is 1.75 bits per heavy atom. The van der Waals surface area contributed by atoms with Crippen LogP contribution in [0.3, 0.4) is 0 Å². The molecule has 0 unspecified atom stereocenters. The van der Waals surface area contributed by atoms with Crippen molar-refractivity contribution < 1.29 is 14.3 Å². The normalized spacial score (nSPS) is 10.9. The fraction of sp³-hybridized carbons (Fsp3) is 0.333. The first-order valence-corrected chi connectivity index (χ1v) is 9.00. The predicted octanol–water partition coefficient (Wildman–Crippen LogP) is 2.03. The molecule has 0 spiro atoms. The number of carbonyl (C=O) groups is 1. The van der Waals surface area contributed by atoms with Gasteiger partial charge in [-0.15, -0.1) is 0 Å². The molecule has 28 heavy (non-hydrogen) atoms. The van der Waals surface area contributed by atoms with Crippen molar-refractivity contribution in [1.82, 2.24) is 15.5 Å². The fourth-order valence-electron chi connectivity index (χ4n) is 2.71. The number of carbonyl (C=O) groups excluding carboxylic acids is 1. The van der Waals surface area contributed by atoms with E-state index in [1.165, 1.54) is 0 Å². The summed E-state index contributed by atoms with van der Waals surface area (Å²) in [6.07, 6.45) is 0. The Bertz CT molecular complexity index is 790. The minimum Gasteiger partial charge on any atom is -0.497 e. The van der Waals surface area contributed by atoms with Crippen LogP contribution < -0.4 is 20.1 Å². The Balaban J connectivity index is 1.82. The van der Waals surface area contributed by atoms with Gasteiger partial charge in [0.15, 0.2) is 5.96 Å². The SMILES string of the molecule is CN=C(NCC(=O)NCc1ccc(OC)cc1)N(C)Cc1ccccc1OC. The predicted molar refractivity (Wildman–Crippen MR) is 111 cm³/mol. The van der Waals surface area contributed by atoms with Crippen LogP contribution in [0.4, 0.5) is 0 Å². The first-order valence-electron chi connectivity index (χ1n) is 9.00. The van der Waals surface area contributed by atoms with Gasteiger partial charge in [0.2, 0.25) is 5.91 Å². The number of hydrogen-bond acceptors (Lipinski definition) is 4. The Morgan fingerprint density at radius 1 is 1.04 bits per heavy atom. The molecule has 7 nitrogen and oxygen atoms in total. The Morgan fingerprint density at radius 3 is 2.39 bits per heavy atom. The van der Waals surface area contributed by atoms with E-state index in [4.69, 9.17) is 9.47 Å². The number of rotatable bonds is 8. The minimum absolute atomic E-state index is 0.109. The van der Waals surface area contributed by atoms with Crippen LogP contribution in [0.1, 0.15) is 11.1 Å². The molecule has 7 heteroatoms. The maximum Gasteiger partial charge on any atom is 0.239 e. The molecule has 0 fully saturated rings. The highest BCUT2D eigenvalue weighted by atomic mass is 16.5. The zero-order valence-electron chi connectivity index (χ0n) is 16.9. The van der Waals surface area contributed by atoms with Crippen LogP contribution in [0, 0.1) is 0 Å². The average molecular weight is 384 g/mol. The third kappa shape index (κ3) is 6.19. The molecule has 1 amide bonds. The van der Waals surface area contributed by atoms with Crippen LogP contribution in [0.15, 0.2) is 53.5 Å². The van der Waals surface area contributed by atoms with E-state index >= 15 is 0 Å². The number of nitrogens with zero attached hydrogens (tertiary/aromatic N) is 2. The van der Waals surface area contributed by atoms with Gasteiger partial charge in [-0.1, -0.05) is 30.3 Å². The molecule has 0 saturated carbocycles. The molecule has 0 aromatic heterocycles. The molecular weight excluding hydrogens is 356 g/mol. The van der Waals surface area contributed by atoms with Crippen LogP contribution >= 0.6 is 0 Å². The second-order valence-electron chi connectivity index (χ2n) is 6.19. The first kappa shape index (κ1) is 21.1. The van der Waals surface area contributed by atoms with Crippen LogP contribution in [-0.2, 0) is 17.9 Å². The Hall–Kier alpha value is -3.22. The third-order valence-corrected chi connectivity index (χ3v) is 4.23. The molecule has 0 saturated heterocycles. The van der Waals surface area contributed by atoms with E-state index in [0.717, 1.165) is 22.6 Å². The van der Waals surface area contributed by atoms with Gasteiger partial charge in [-0.2, -0.15) is 0 Å². The van der Waals surface area contributed by atoms with Gasteiger partial charge >= 0.3 is 0 Å². The number of benzene rings is 2. The van der Waals surface area contributed by atoms with E-state index in [-0.39, 0.29) is 12.5 Å². The van der Waals surface area contributed by atoms with E-state index in [0.29, 0.717) is 19.0 Å². The number of nitrogens with one attached hydrogen (secondary N) is 2. The summed E-state index contributed by atoms with van der Waals surface area (Å²) in [4.78, 5) is 18.3. The van der Waals surface area contributed by atoms with Crippen LogP contribution in [0.25, 0.3) is 0 Å². The van der Waals surface area contributed by atoms with E-state index in [9.17, 15) is 4.79 Å². The van der Waals surface area contributed by atoms with Crippen molar-refractivity contribution in [3.05, 3.63) is 59.7 Å². The number of aliphatic imine (C=N–C) groups is 1. The Kier molecular flexibility index (Phi) is 8.14. The molecule has 150 valence electrons. The van der Waals surface area contributed by atoms with Crippen LogP contribution in [0.2, 0.25) is 0 Å². The van der Waals surface area contributed by atoms with Crippen LogP contribution in [-0.4, -0.2) is 51.6 Å². The molecule has 2 aromatic carbocycles. The third-order valence-electron chi connectivity index (χ3n) is 4.23. The smallest absolute Gasteiger partial charge is 0.239 e. The molecule has 2 rings (SSSR count). The Labute approximate surface area is 166 Å². The standard InChI is InChI=1S/C21H28N4O3/c1-22-21(25(2)15-17-7-5-6-8-19(17)28-4)24-14-20(26)23-13-16-9-11-18(27-3)12-10-16/h5-12H,13-15H2,1-4H3,(H,22,24)(H,23,26). The highest BCUT2D eigenvalue weighted by Crippen LogP contribution is 2.18. The van der Waals surface area contributed by atoms with Crippen molar-refractivity contribution in [1.29, 1.82) is 0 Å². The minimum atomic E-state index is -0.109. The van der Waals surface area contributed by atoms with Crippen molar-refractivity contribution in [3.8, 4) is 11.5 Å². The summed E-state index contributed by atoms with van der Waals surface area (Å²) in [6.45, 7) is 1.20. The zero-order chi connectivity index (χ0) is 20.4. The van der Waals surface area contributed by atoms with Crippen molar-refractivity contribution in [3.63, 3.8) is 0 Å². The number of hydrogen-bond donors (Lipinski definition) is 2. The van der Waals surface area contributed by atoms with Gasteiger partial charge in [0.25, 0.3) is 0 Å². The van der Waals surface area contributed by atoms with Gasteiger partial charge in [0.05, 0.1) is 20.8 Å². The molecule has 0 radical (unpaired) electrons. The lowest BCUT2D eigenvalue weighted by Crippen LogP contribution is -2.43. The zero-order valence-corrected chi connectivity index (χ0v) is 16.9. The molecule has 0 aliphatic heterocycles. The van der Waals surface area contributed by atoms with Crippen molar-refractivity contribution in [2.75, 3.05) is 34.9 Å². The summed E-state index contributed by atoms with van der Waals surface area (Å²) < 4.78 is 10.5. The maximum atomic E-state index is 12.1. The van der Waals surface area contributed by atoms with Gasteiger partial charge in [-0.25, -0.2) is 0 Å². The lowest BCUT2D eigenvalue weighted by Gasteiger charge is -2.23. The number of para-hydroxylation sites is 1. The second-order valence-corrected chi connectivity index (χ2v) is 6.19. The van der Waals surface area contributed by atoms with Crippen molar-refractivity contribution in [2.24, 2.45) is 4.99 Å². The first-order chi connectivity index (χ1) is 13.6. The topological polar surface area (TPSA) is 75.2 Å². The van der Waals surface area contributed by atoms with Gasteiger partial charge in [-0.05, 0) is 23.8 Å². The quantitative estimate of drug-likeness (QED) is 0.538. The molecule has 2 N–H and O–H groups in total. The maximum absolute atomic E-state index is 12.1. The number of ether oxygens (including phenoxy) is 2. The van der Waals surface area contributed by atoms with Gasteiger partial charge in [0, 0.05) is 32.7 Å². The lowest BCUT2D eigenvalue weighted by atomic mass is 10.2. The van der Waals surface area contributed by atoms with E-state index in [2.05, 4.69) is 15.6 Å². The summed E-state index contributed by atoms with van der Waals surface area (Å²) >= 11 is 0. The summed E-state index contributed by atoms with van der Waals surface area (Å²) in [5.41, 5.74) is 2.05. The molecule has 0 heterocycles. The van der Waals surface area contributed by atoms with E-state index in [1.807, 2.05) is 60.5 Å². The molecule has 0 atom stereocenters. The van der Waals surface area contributed by atoms with Gasteiger partial charge < -0.3 is 25.0 Å². The molecule has 0 bridgehead atoms. The largest absolute Gasteiger partial charge is 0.497 e. The lowest BCUT2D eigenvalue weighted by molar-refractivity contribution is -0.120. The fourth-order valence-corrected chi connectivity index (χ4v) is 2.71. The monoisotopic (exact) mass is 384 g/mol. The molecule has 0 aliphatic carbocycles. The highest BCUT2D eigenvalue weighted by molar-refractivity contribution is 5.86. The molecule has 2 aromatic rings. The summed E-state index contributed by atoms with van der Waals surface area (Å²) in [5.74, 6) is 2.13. The number of methoxy groups -OCH3 is 2. The summed E-state index contributed by atoms with van der Waals surface area (Å²) in [5, 5.41) is 5.97. The van der Waals surface area contributed by atoms with E-state index < -0.39 is 0 Å². The molecule has 0 aliphatic rings. The summed E-state index contributed by atoms with van der Waals surface area (Å²) in [6, 6.07) is 15.4. The molecular formula is C21H28N4O3. The summed E-state index contributed by atoms with van der Waals surface area (Å²) in [7, 11) is 6.88.